The van der Waals surface area contributed by atoms with Gasteiger partial charge in [-0.3, -0.25) is 0 Å². The Balaban J connectivity index is 2.93. The highest BCUT2D eigenvalue weighted by atomic mass is 35.5. The summed E-state index contributed by atoms with van der Waals surface area (Å²) in [6.07, 6.45) is -1.61. The third kappa shape index (κ3) is 3.62. The number of methoxy groups -OCH3 is 1. The van der Waals surface area contributed by atoms with Crippen LogP contribution in [0.15, 0.2) is 18.2 Å². The number of rotatable bonds is 5. The van der Waals surface area contributed by atoms with E-state index in [0.717, 1.165) is 0 Å². The Labute approximate surface area is 116 Å². The van der Waals surface area contributed by atoms with Gasteiger partial charge in [0.2, 0.25) is 0 Å². The fourth-order valence-corrected chi connectivity index (χ4v) is 2.03. The number of benzene rings is 1. The molecule has 1 aromatic rings. The van der Waals surface area contributed by atoms with E-state index in [0.29, 0.717) is 17.7 Å². The quantitative estimate of drug-likeness (QED) is 0.572. The molecular formula is C12H15ClO4S. The summed E-state index contributed by atoms with van der Waals surface area (Å²) < 4.78 is 4.56. The summed E-state index contributed by atoms with van der Waals surface area (Å²) in [5.41, 5.74) is 0.667. The molecule has 2 N–H and O–H groups in total. The van der Waals surface area contributed by atoms with Crippen LogP contribution >= 0.6 is 24.2 Å². The second-order valence-corrected chi connectivity index (χ2v) is 4.61. The average Bonchev–Trinajstić information content (AvgIpc) is 2.37. The molecule has 2 atom stereocenters. The lowest BCUT2D eigenvalue weighted by molar-refractivity contribution is 0.0172. The highest BCUT2D eigenvalue weighted by Crippen LogP contribution is 2.25. The van der Waals surface area contributed by atoms with Gasteiger partial charge in [-0.25, -0.2) is 4.79 Å². The van der Waals surface area contributed by atoms with Crippen molar-refractivity contribution in [2.24, 2.45) is 0 Å². The standard InChI is InChI=1S/C12H15ClO4S/c1-17-12(16)8-3-2-7(6-9(8)13)11(15)10(14)4-5-18/h2-3,6,10-11,14-15,18H,4-5H2,1H3. The van der Waals surface area contributed by atoms with Crippen LogP contribution in [0.3, 0.4) is 0 Å². The van der Waals surface area contributed by atoms with Gasteiger partial charge in [0.15, 0.2) is 0 Å². The van der Waals surface area contributed by atoms with Crippen LogP contribution in [0.5, 0.6) is 0 Å². The molecule has 0 saturated heterocycles. The monoisotopic (exact) mass is 290 g/mol. The molecule has 0 radical (unpaired) electrons. The number of ether oxygens (including phenoxy) is 1. The number of aliphatic hydroxyl groups excluding tert-OH is 2. The maximum absolute atomic E-state index is 11.3. The van der Waals surface area contributed by atoms with Gasteiger partial charge in [0, 0.05) is 0 Å². The highest BCUT2D eigenvalue weighted by molar-refractivity contribution is 7.80. The minimum Gasteiger partial charge on any atom is -0.465 e. The normalized spacial score (nSPS) is 14.1. The van der Waals surface area contributed by atoms with Crippen molar-refractivity contribution >= 4 is 30.2 Å². The summed E-state index contributed by atoms with van der Waals surface area (Å²) in [4.78, 5) is 11.3. The first-order valence-corrected chi connectivity index (χ1v) is 6.37. The van der Waals surface area contributed by atoms with E-state index in [2.05, 4.69) is 17.4 Å². The molecule has 0 saturated carbocycles. The van der Waals surface area contributed by atoms with Crippen molar-refractivity contribution in [2.45, 2.75) is 18.6 Å². The van der Waals surface area contributed by atoms with Gasteiger partial charge in [0.05, 0.1) is 23.8 Å². The second kappa shape index (κ2) is 6.99. The molecule has 1 aromatic carbocycles. The predicted octanol–water partition coefficient (Wildman–Crippen LogP) is 1.84. The molecule has 0 bridgehead atoms. The minimum atomic E-state index is -1.05. The van der Waals surface area contributed by atoms with E-state index in [1.54, 1.807) is 0 Å². The summed E-state index contributed by atoms with van der Waals surface area (Å²) in [6, 6.07) is 4.44. The molecule has 0 aliphatic carbocycles. The molecule has 6 heteroatoms. The van der Waals surface area contributed by atoms with Crippen molar-refractivity contribution in [3.63, 3.8) is 0 Å². The van der Waals surface area contributed by atoms with E-state index >= 15 is 0 Å². The Morgan fingerprint density at radius 2 is 2.17 bits per heavy atom. The summed E-state index contributed by atoms with van der Waals surface area (Å²) in [5, 5.41) is 19.7. The molecule has 4 nitrogen and oxygen atoms in total. The third-order valence-electron chi connectivity index (χ3n) is 2.53. The third-order valence-corrected chi connectivity index (χ3v) is 3.10. The molecule has 0 fully saturated rings. The number of hydrogen-bond acceptors (Lipinski definition) is 5. The molecule has 0 heterocycles. The Hall–Kier alpha value is -0.750. The van der Waals surface area contributed by atoms with Crippen LogP contribution in [0.2, 0.25) is 5.02 Å². The van der Waals surface area contributed by atoms with E-state index < -0.39 is 18.2 Å². The lowest BCUT2D eigenvalue weighted by atomic mass is 10.0. The SMILES string of the molecule is COC(=O)c1ccc(C(O)C(O)CCS)cc1Cl. The van der Waals surface area contributed by atoms with E-state index in [1.165, 1.54) is 25.3 Å². The van der Waals surface area contributed by atoms with Crippen molar-refractivity contribution in [1.29, 1.82) is 0 Å². The van der Waals surface area contributed by atoms with Gasteiger partial charge in [0.1, 0.15) is 6.10 Å². The van der Waals surface area contributed by atoms with Crippen molar-refractivity contribution < 1.29 is 19.7 Å². The first kappa shape index (κ1) is 15.3. The Morgan fingerprint density at radius 1 is 1.50 bits per heavy atom. The van der Waals surface area contributed by atoms with Gasteiger partial charge >= 0.3 is 5.97 Å². The smallest absolute Gasteiger partial charge is 0.339 e. The number of halogens is 1. The van der Waals surface area contributed by atoms with Crippen molar-refractivity contribution in [1.82, 2.24) is 0 Å². The van der Waals surface area contributed by atoms with E-state index in [9.17, 15) is 15.0 Å². The van der Waals surface area contributed by atoms with E-state index in [4.69, 9.17) is 11.6 Å². The maximum atomic E-state index is 11.3. The number of aliphatic hydroxyl groups is 2. The summed E-state index contributed by atoms with van der Waals surface area (Å²) in [7, 11) is 1.26. The molecule has 0 aromatic heterocycles. The van der Waals surface area contributed by atoms with Crippen LogP contribution in [0.1, 0.15) is 28.4 Å². The molecular weight excluding hydrogens is 276 g/mol. The largest absolute Gasteiger partial charge is 0.465 e. The van der Waals surface area contributed by atoms with Gasteiger partial charge in [0.25, 0.3) is 0 Å². The van der Waals surface area contributed by atoms with Gasteiger partial charge < -0.3 is 14.9 Å². The molecule has 18 heavy (non-hydrogen) atoms. The lowest BCUT2D eigenvalue weighted by Crippen LogP contribution is -2.19. The van der Waals surface area contributed by atoms with Crippen LogP contribution in [-0.4, -0.2) is 35.1 Å². The van der Waals surface area contributed by atoms with Crippen LogP contribution in [0.25, 0.3) is 0 Å². The molecule has 100 valence electrons. The zero-order chi connectivity index (χ0) is 13.7. The minimum absolute atomic E-state index is 0.177. The van der Waals surface area contributed by atoms with Crippen LogP contribution in [0, 0.1) is 0 Å². The number of thiol groups is 1. The maximum Gasteiger partial charge on any atom is 0.339 e. The predicted molar refractivity (Wildman–Crippen MR) is 72.2 cm³/mol. The molecule has 0 aliphatic rings. The van der Waals surface area contributed by atoms with Crippen molar-refractivity contribution in [3.8, 4) is 0 Å². The van der Waals surface area contributed by atoms with Gasteiger partial charge in [-0.2, -0.15) is 12.6 Å². The average molecular weight is 291 g/mol. The first-order chi connectivity index (χ1) is 8.51. The van der Waals surface area contributed by atoms with Gasteiger partial charge in [-0.15, -0.1) is 0 Å². The van der Waals surface area contributed by atoms with Crippen LogP contribution in [0.4, 0.5) is 0 Å². The van der Waals surface area contributed by atoms with Crippen LogP contribution < -0.4 is 0 Å². The van der Waals surface area contributed by atoms with Crippen molar-refractivity contribution in [3.05, 3.63) is 34.3 Å². The molecule has 2 unspecified atom stereocenters. The highest BCUT2D eigenvalue weighted by Gasteiger charge is 2.19. The number of esters is 1. The summed E-state index contributed by atoms with van der Waals surface area (Å²) in [6.45, 7) is 0. The van der Waals surface area contributed by atoms with Gasteiger partial charge in [-0.05, 0) is 29.9 Å². The zero-order valence-electron chi connectivity index (χ0n) is 9.84. The van der Waals surface area contributed by atoms with Crippen LogP contribution in [-0.2, 0) is 4.74 Å². The molecule has 0 aliphatic heterocycles. The number of hydrogen-bond donors (Lipinski definition) is 3. The number of carbonyl (C=O) groups is 1. The number of carbonyl (C=O) groups excluding carboxylic acids is 1. The fraction of sp³-hybridized carbons (Fsp3) is 0.417. The van der Waals surface area contributed by atoms with Gasteiger partial charge in [-0.1, -0.05) is 17.7 Å². The molecule has 1 rings (SSSR count). The summed E-state index contributed by atoms with van der Waals surface area (Å²) in [5.74, 6) is -0.0800. The van der Waals surface area contributed by atoms with E-state index in [1.807, 2.05) is 0 Å². The Kier molecular flexibility index (Phi) is 5.95. The van der Waals surface area contributed by atoms with E-state index in [-0.39, 0.29) is 10.6 Å². The molecule has 0 spiro atoms. The topological polar surface area (TPSA) is 66.8 Å². The Morgan fingerprint density at radius 3 is 2.67 bits per heavy atom. The van der Waals surface area contributed by atoms with Crippen molar-refractivity contribution in [2.75, 3.05) is 12.9 Å². The fourth-order valence-electron chi connectivity index (χ4n) is 1.50. The Bertz CT molecular complexity index is 425. The molecule has 0 amide bonds. The zero-order valence-corrected chi connectivity index (χ0v) is 11.5. The second-order valence-electron chi connectivity index (χ2n) is 3.76. The summed E-state index contributed by atoms with van der Waals surface area (Å²) >= 11 is 9.90. The lowest BCUT2D eigenvalue weighted by Gasteiger charge is -2.18. The first-order valence-electron chi connectivity index (χ1n) is 5.36.